The second kappa shape index (κ2) is 7.27. The molecule has 0 N–H and O–H groups in total. The molecule has 0 radical (unpaired) electrons. The van der Waals surface area contributed by atoms with Crippen molar-refractivity contribution in [1.29, 1.82) is 0 Å². The van der Waals surface area contributed by atoms with E-state index in [1.165, 1.54) is 0 Å². The summed E-state index contributed by atoms with van der Waals surface area (Å²) in [5.41, 5.74) is 0. The van der Waals surface area contributed by atoms with Gasteiger partial charge in [-0.25, -0.2) is 9.59 Å². The molecule has 4 nitrogen and oxygen atoms in total. The number of esters is 2. The normalized spacial score (nSPS) is 10.6. The average molecular weight is 248 g/mol. The Bertz CT molecular complexity index is 421. The molecule has 0 saturated heterocycles. The number of hydrogen-bond donors (Lipinski definition) is 0. The molecule has 0 saturated carbocycles. The Morgan fingerprint density at radius 2 is 1.72 bits per heavy atom. The van der Waals surface area contributed by atoms with Crippen molar-refractivity contribution in [2.24, 2.45) is 5.92 Å². The van der Waals surface area contributed by atoms with Crippen molar-refractivity contribution in [2.45, 2.75) is 13.8 Å². The largest absolute Gasteiger partial charge is 0.462 e. The summed E-state index contributed by atoms with van der Waals surface area (Å²) in [6.07, 6.45) is 2.11. The summed E-state index contributed by atoms with van der Waals surface area (Å²) < 4.78 is 9.83. The van der Waals surface area contributed by atoms with Gasteiger partial charge >= 0.3 is 11.9 Å². The van der Waals surface area contributed by atoms with E-state index >= 15 is 0 Å². The van der Waals surface area contributed by atoms with E-state index in [0.29, 0.717) is 12.4 Å². The molecule has 0 bridgehead atoms. The molecule has 1 rings (SSSR count). The van der Waals surface area contributed by atoms with Gasteiger partial charge in [-0.3, -0.25) is 0 Å². The fourth-order valence-electron chi connectivity index (χ4n) is 1.07. The lowest BCUT2D eigenvalue weighted by Gasteiger charge is -2.03. The lowest BCUT2D eigenvalue weighted by molar-refractivity contribution is -0.139. The quantitative estimate of drug-likeness (QED) is 0.456. The second-order valence-corrected chi connectivity index (χ2v) is 4.09. The van der Waals surface area contributed by atoms with Gasteiger partial charge in [0.2, 0.25) is 0 Å². The third-order valence-corrected chi connectivity index (χ3v) is 1.88. The van der Waals surface area contributed by atoms with Crippen molar-refractivity contribution in [2.75, 3.05) is 6.61 Å². The fraction of sp³-hybridized carbons (Fsp3) is 0.286. The summed E-state index contributed by atoms with van der Waals surface area (Å²) in [5.74, 6) is -0.460. The van der Waals surface area contributed by atoms with Crippen LogP contribution in [0, 0.1) is 5.92 Å². The Hall–Kier alpha value is -2.10. The molecular weight excluding hydrogens is 232 g/mol. The summed E-state index contributed by atoms with van der Waals surface area (Å²) in [4.78, 5) is 22.5. The Morgan fingerprint density at radius 1 is 1.11 bits per heavy atom. The molecule has 0 spiro atoms. The van der Waals surface area contributed by atoms with E-state index in [0.717, 1.165) is 12.2 Å². The molecule has 0 aromatic heterocycles. The van der Waals surface area contributed by atoms with Gasteiger partial charge in [-0.05, 0) is 18.1 Å². The predicted molar refractivity (Wildman–Crippen MR) is 67.0 cm³/mol. The highest BCUT2D eigenvalue weighted by Gasteiger charge is 2.03. The first kappa shape index (κ1) is 14.0. The summed E-state index contributed by atoms with van der Waals surface area (Å²) >= 11 is 0. The van der Waals surface area contributed by atoms with Crippen LogP contribution in [0.2, 0.25) is 0 Å². The fourth-order valence-corrected chi connectivity index (χ4v) is 1.07. The first-order chi connectivity index (χ1) is 8.58. The Kier molecular flexibility index (Phi) is 5.64. The molecule has 18 heavy (non-hydrogen) atoms. The molecular formula is C14H16O4. The van der Waals surface area contributed by atoms with E-state index in [1.807, 2.05) is 19.9 Å². The maximum Gasteiger partial charge on any atom is 0.336 e. The molecule has 0 fully saturated rings. The monoisotopic (exact) mass is 248 g/mol. The van der Waals surface area contributed by atoms with Gasteiger partial charge in [0.1, 0.15) is 5.75 Å². The van der Waals surface area contributed by atoms with E-state index in [4.69, 9.17) is 9.47 Å². The predicted octanol–water partition coefficient (Wildman–Crippen LogP) is 2.35. The minimum absolute atomic E-state index is 0.263. The minimum Gasteiger partial charge on any atom is -0.462 e. The van der Waals surface area contributed by atoms with Crippen LogP contribution in [-0.2, 0) is 14.3 Å². The van der Waals surface area contributed by atoms with Crippen molar-refractivity contribution in [1.82, 2.24) is 0 Å². The van der Waals surface area contributed by atoms with E-state index in [-0.39, 0.29) is 5.92 Å². The Labute approximate surface area is 106 Å². The molecule has 1 aromatic rings. The van der Waals surface area contributed by atoms with Crippen LogP contribution in [0.25, 0.3) is 0 Å². The van der Waals surface area contributed by atoms with Crippen molar-refractivity contribution >= 4 is 11.9 Å². The third kappa shape index (κ3) is 5.84. The lowest BCUT2D eigenvalue weighted by atomic mass is 10.2. The van der Waals surface area contributed by atoms with Crippen LogP contribution in [0.3, 0.4) is 0 Å². The van der Waals surface area contributed by atoms with Gasteiger partial charge in [0, 0.05) is 12.2 Å². The van der Waals surface area contributed by atoms with Crippen LogP contribution < -0.4 is 4.74 Å². The zero-order chi connectivity index (χ0) is 13.4. The number of para-hydroxylation sites is 1. The standard InChI is InChI=1S/C14H16O4/c1-11(2)10-17-13(15)8-9-14(16)18-12-6-4-3-5-7-12/h3-9,11H,10H2,1-2H3/b9-8+. The summed E-state index contributed by atoms with van der Waals surface area (Å²) in [6, 6.07) is 8.63. The van der Waals surface area contributed by atoms with Gasteiger partial charge in [0.05, 0.1) is 6.61 Å². The molecule has 0 heterocycles. The zero-order valence-corrected chi connectivity index (χ0v) is 10.5. The SMILES string of the molecule is CC(C)COC(=O)/C=C/C(=O)Oc1ccccc1. The van der Waals surface area contributed by atoms with Crippen LogP contribution in [-0.4, -0.2) is 18.5 Å². The molecule has 1 aromatic carbocycles. The lowest BCUT2D eigenvalue weighted by Crippen LogP contribution is -2.09. The summed E-state index contributed by atoms with van der Waals surface area (Å²) in [6.45, 7) is 4.19. The zero-order valence-electron chi connectivity index (χ0n) is 10.5. The Balaban J connectivity index is 2.38. The van der Waals surface area contributed by atoms with E-state index in [2.05, 4.69) is 0 Å². The smallest absolute Gasteiger partial charge is 0.336 e. The van der Waals surface area contributed by atoms with Gasteiger partial charge in [-0.15, -0.1) is 0 Å². The molecule has 0 aliphatic carbocycles. The second-order valence-electron chi connectivity index (χ2n) is 4.09. The van der Waals surface area contributed by atoms with Crippen LogP contribution in [0.5, 0.6) is 5.75 Å². The molecule has 0 unspecified atom stereocenters. The summed E-state index contributed by atoms with van der Waals surface area (Å²) in [5, 5.41) is 0. The molecule has 96 valence electrons. The highest BCUT2D eigenvalue weighted by molar-refractivity contribution is 5.92. The Morgan fingerprint density at radius 3 is 2.33 bits per heavy atom. The number of ether oxygens (including phenoxy) is 2. The van der Waals surface area contributed by atoms with Crippen molar-refractivity contribution < 1.29 is 19.1 Å². The molecule has 0 aliphatic heterocycles. The molecule has 4 heteroatoms. The topological polar surface area (TPSA) is 52.6 Å². The van der Waals surface area contributed by atoms with Gasteiger partial charge in [0.25, 0.3) is 0 Å². The maximum absolute atomic E-state index is 11.3. The average Bonchev–Trinajstić information content (AvgIpc) is 2.35. The number of benzene rings is 1. The maximum atomic E-state index is 11.3. The van der Waals surface area contributed by atoms with Crippen LogP contribution >= 0.6 is 0 Å². The van der Waals surface area contributed by atoms with Gasteiger partial charge in [0.15, 0.2) is 0 Å². The minimum atomic E-state index is -0.609. The van der Waals surface area contributed by atoms with E-state index in [1.54, 1.807) is 24.3 Å². The van der Waals surface area contributed by atoms with Gasteiger partial charge < -0.3 is 9.47 Å². The van der Waals surface area contributed by atoms with Crippen LogP contribution in [0.4, 0.5) is 0 Å². The number of hydrogen-bond acceptors (Lipinski definition) is 4. The first-order valence-electron chi connectivity index (χ1n) is 5.69. The summed E-state index contributed by atoms with van der Waals surface area (Å²) in [7, 11) is 0. The van der Waals surface area contributed by atoms with Gasteiger partial charge in [-0.1, -0.05) is 32.0 Å². The van der Waals surface area contributed by atoms with Crippen LogP contribution in [0.1, 0.15) is 13.8 Å². The third-order valence-electron chi connectivity index (χ3n) is 1.88. The van der Waals surface area contributed by atoms with Crippen molar-refractivity contribution in [3.05, 3.63) is 42.5 Å². The van der Waals surface area contributed by atoms with E-state index in [9.17, 15) is 9.59 Å². The molecule has 0 aliphatic rings. The highest BCUT2D eigenvalue weighted by Crippen LogP contribution is 2.08. The van der Waals surface area contributed by atoms with Crippen molar-refractivity contribution in [3.8, 4) is 5.75 Å². The number of rotatable bonds is 5. The van der Waals surface area contributed by atoms with Gasteiger partial charge in [-0.2, -0.15) is 0 Å². The number of carbonyl (C=O) groups is 2. The first-order valence-corrected chi connectivity index (χ1v) is 5.69. The van der Waals surface area contributed by atoms with Crippen LogP contribution in [0.15, 0.2) is 42.5 Å². The van der Waals surface area contributed by atoms with E-state index < -0.39 is 11.9 Å². The molecule has 0 amide bonds. The van der Waals surface area contributed by atoms with Crippen molar-refractivity contribution in [3.63, 3.8) is 0 Å². The molecule has 0 atom stereocenters. The number of carbonyl (C=O) groups excluding carboxylic acids is 2. The highest BCUT2D eigenvalue weighted by atomic mass is 16.5.